The largest absolute Gasteiger partial charge is 0.383 e. The Kier molecular flexibility index (Phi) is 4.67. The smallest absolute Gasteiger partial charge is 0.225 e. The van der Waals surface area contributed by atoms with Crippen LogP contribution < -0.4 is 10.2 Å². The van der Waals surface area contributed by atoms with Crippen molar-refractivity contribution in [1.29, 1.82) is 0 Å². The maximum atomic E-state index is 5.18. The molecule has 2 aliphatic rings. The summed E-state index contributed by atoms with van der Waals surface area (Å²) >= 11 is 0. The topological polar surface area (TPSA) is 59.5 Å². The van der Waals surface area contributed by atoms with E-state index in [0.29, 0.717) is 25.3 Å². The minimum atomic E-state index is 0.458. The number of methoxy groups -OCH3 is 2. The summed E-state index contributed by atoms with van der Waals surface area (Å²) < 4.78 is 10.4. The Morgan fingerprint density at radius 2 is 2.00 bits per heavy atom. The molecule has 1 aromatic heterocycles. The van der Waals surface area contributed by atoms with Crippen molar-refractivity contribution in [3.05, 3.63) is 17.5 Å². The fraction of sp³-hybridized carbons (Fsp3) is 0.733. The molecule has 2 unspecified atom stereocenters. The van der Waals surface area contributed by atoms with Crippen molar-refractivity contribution < 1.29 is 9.47 Å². The number of fused-ring (bicyclic) bond motifs is 4. The van der Waals surface area contributed by atoms with Gasteiger partial charge in [0.2, 0.25) is 5.95 Å². The zero-order valence-corrected chi connectivity index (χ0v) is 12.8. The predicted octanol–water partition coefficient (Wildman–Crippen LogP) is 0.925. The summed E-state index contributed by atoms with van der Waals surface area (Å²) in [5.74, 6) is 0.796. The van der Waals surface area contributed by atoms with E-state index in [4.69, 9.17) is 14.5 Å². The van der Waals surface area contributed by atoms with E-state index in [2.05, 4.69) is 15.2 Å². The lowest BCUT2D eigenvalue weighted by Crippen LogP contribution is -2.35. The van der Waals surface area contributed by atoms with Gasteiger partial charge in [0.25, 0.3) is 0 Å². The number of rotatable bonds is 7. The number of nitrogens with one attached hydrogen (secondary N) is 1. The lowest BCUT2D eigenvalue weighted by molar-refractivity contribution is 0.189. The fourth-order valence-corrected chi connectivity index (χ4v) is 3.20. The van der Waals surface area contributed by atoms with Gasteiger partial charge in [-0.25, -0.2) is 9.97 Å². The molecule has 0 aromatic carbocycles. The van der Waals surface area contributed by atoms with Crippen LogP contribution in [0.15, 0.2) is 6.20 Å². The Labute approximate surface area is 125 Å². The van der Waals surface area contributed by atoms with Crippen molar-refractivity contribution >= 4 is 5.95 Å². The van der Waals surface area contributed by atoms with Crippen LogP contribution in [0.1, 0.15) is 30.1 Å². The maximum absolute atomic E-state index is 5.18. The molecule has 0 aliphatic carbocycles. The summed E-state index contributed by atoms with van der Waals surface area (Å²) in [7, 11) is 3.43. The molecule has 6 heteroatoms. The molecule has 1 saturated heterocycles. The van der Waals surface area contributed by atoms with E-state index >= 15 is 0 Å². The first-order valence-electron chi connectivity index (χ1n) is 7.66. The number of nitrogens with zero attached hydrogens (tertiary/aromatic N) is 3. The summed E-state index contributed by atoms with van der Waals surface area (Å²) in [6.45, 7) is 2.89. The first-order valence-corrected chi connectivity index (χ1v) is 7.66. The molecule has 0 spiro atoms. The average Bonchev–Trinajstić information content (AvgIpc) is 2.89. The summed E-state index contributed by atoms with van der Waals surface area (Å²) in [5.41, 5.74) is 2.50. The monoisotopic (exact) mass is 292 g/mol. The van der Waals surface area contributed by atoms with Gasteiger partial charge in [0.05, 0.1) is 18.9 Å². The summed E-state index contributed by atoms with van der Waals surface area (Å²) in [6, 6.07) is 1.05. The summed E-state index contributed by atoms with van der Waals surface area (Å²) in [5, 5.41) is 3.63. The minimum Gasteiger partial charge on any atom is -0.383 e. The van der Waals surface area contributed by atoms with Crippen LogP contribution in [0, 0.1) is 0 Å². The van der Waals surface area contributed by atoms with Crippen molar-refractivity contribution in [2.75, 3.05) is 45.4 Å². The van der Waals surface area contributed by atoms with Gasteiger partial charge in [-0.1, -0.05) is 0 Å². The van der Waals surface area contributed by atoms with Gasteiger partial charge in [-0.2, -0.15) is 0 Å². The minimum absolute atomic E-state index is 0.458. The van der Waals surface area contributed by atoms with Gasteiger partial charge in [0.1, 0.15) is 0 Å². The van der Waals surface area contributed by atoms with Crippen LogP contribution in [0.3, 0.4) is 0 Å². The van der Waals surface area contributed by atoms with Gasteiger partial charge in [-0.05, 0) is 12.8 Å². The molecular formula is C15H24N4O2. The molecule has 1 fully saturated rings. The van der Waals surface area contributed by atoms with Crippen LogP contribution in [0.25, 0.3) is 0 Å². The highest BCUT2D eigenvalue weighted by molar-refractivity contribution is 5.37. The van der Waals surface area contributed by atoms with Gasteiger partial charge >= 0.3 is 0 Å². The second kappa shape index (κ2) is 6.68. The van der Waals surface area contributed by atoms with Gasteiger partial charge in [-0.3, -0.25) is 0 Å². The molecule has 0 saturated carbocycles. The van der Waals surface area contributed by atoms with E-state index in [-0.39, 0.29) is 0 Å². The average molecular weight is 292 g/mol. The summed E-state index contributed by atoms with van der Waals surface area (Å²) in [6.07, 6.45) is 5.47. The third-order valence-electron chi connectivity index (χ3n) is 4.36. The van der Waals surface area contributed by atoms with Gasteiger partial charge in [-0.15, -0.1) is 0 Å². The molecule has 3 heterocycles. The van der Waals surface area contributed by atoms with Crippen LogP contribution >= 0.6 is 0 Å². The molecule has 6 nitrogen and oxygen atoms in total. The molecule has 0 amide bonds. The van der Waals surface area contributed by atoms with Crippen LogP contribution in [0.4, 0.5) is 5.95 Å². The van der Waals surface area contributed by atoms with Crippen LogP contribution in [-0.4, -0.2) is 56.5 Å². The van der Waals surface area contributed by atoms with Crippen molar-refractivity contribution in [1.82, 2.24) is 15.3 Å². The van der Waals surface area contributed by atoms with Gasteiger partial charge < -0.3 is 19.7 Å². The number of ether oxygens (including phenoxy) is 2. The van der Waals surface area contributed by atoms with E-state index in [9.17, 15) is 0 Å². The lowest BCUT2D eigenvalue weighted by atomic mass is 10.0. The number of hydrogen-bond acceptors (Lipinski definition) is 6. The number of aromatic nitrogens is 2. The van der Waals surface area contributed by atoms with Crippen molar-refractivity contribution in [3.8, 4) is 0 Å². The zero-order valence-electron chi connectivity index (χ0n) is 12.8. The Morgan fingerprint density at radius 1 is 1.24 bits per heavy atom. The Morgan fingerprint density at radius 3 is 2.71 bits per heavy atom. The molecule has 3 rings (SSSR count). The van der Waals surface area contributed by atoms with Crippen molar-refractivity contribution in [2.45, 2.75) is 31.3 Å². The fourth-order valence-electron chi connectivity index (χ4n) is 3.20. The molecule has 116 valence electrons. The molecule has 0 radical (unpaired) electrons. The first-order chi connectivity index (χ1) is 10.3. The highest BCUT2D eigenvalue weighted by Crippen LogP contribution is 2.35. The highest BCUT2D eigenvalue weighted by Gasteiger charge is 2.33. The van der Waals surface area contributed by atoms with Crippen LogP contribution in [0.2, 0.25) is 0 Å². The highest BCUT2D eigenvalue weighted by atomic mass is 16.5. The number of hydrogen-bond donors (Lipinski definition) is 1. The van der Waals surface area contributed by atoms with Crippen LogP contribution in [-0.2, 0) is 15.9 Å². The SMILES string of the molecule is COCCN(CCOC)c1ncc2c(n1)CC1CCC2N1. The molecule has 1 aromatic rings. The van der Waals surface area contributed by atoms with Crippen LogP contribution in [0.5, 0.6) is 0 Å². The van der Waals surface area contributed by atoms with Gasteiger partial charge in [0.15, 0.2) is 0 Å². The predicted molar refractivity (Wildman–Crippen MR) is 80.6 cm³/mol. The summed E-state index contributed by atoms with van der Waals surface area (Å²) in [4.78, 5) is 11.5. The van der Waals surface area contributed by atoms with E-state index in [1.807, 2.05) is 6.20 Å². The van der Waals surface area contributed by atoms with Crippen molar-refractivity contribution in [2.24, 2.45) is 0 Å². The molecular weight excluding hydrogens is 268 g/mol. The molecule has 2 atom stereocenters. The molecule has 2 aliphatic heterocycles. The van der Waals surface area contributed by atoms with Gasteiger partial charge in [0, 0.05) is 57.6 Å². The maximum Gasteiger partial charge on any atom is 0.225 e. The Balaban J connectivity index is 1.78. The lowest BCUT2D eigenvalue weighted by Gasteiger charge is -2.27. The Hall–Kier alpha value is -1.24. The van der Waals surface area contributed by atoms with E-state index in [1.54, 1.807) is 14.2 Å². The van der Waals surface area contributed by atoms with E-state index < -0.39 is 0 Å². The molecule has 1 N–H and O–H groups in total. The molecule has 2 bridgehead atoms. The Bertz CT molecular complexity index is 475. The second-order valence-corrected chi connectivity index (χ2v) is 5.74. The van der Waals surface area contributed by atoms with E-state index in [0.717, 1.165) is 25.5 Å². The van der Waals surface area contributed by atoms with Crippen molar-refractivity contribution in [3.63, 3.8) is 0 Å². The quantitative estimate of drug-likeness (QED) is 0.806. The van der Waals surface area contributed by atoms with E-state index in [1.165, 1.54) is 24.1 Å². The second-order valence-electron chi connectivity index (χ2n) is 5.74. The normalized spacial score (nSPS) is 23.1. The standard InChI is InChI=1S/C15H24N4O2/c1-20-7-5-19(6-8-21-2)15-16-10-12-13-4-3-11(17-13)9-14(12)18-15/h10-11,13,17H,3-9H2,1-2H3. The molecule has 21 heavy (non-hydrogen) atoms. The first kappa shape index (κ1) is 14.7. The number of anilines is 1. The zero-order chi connectivity index (χ0) is 14.7. The third-order valence-corrected chi connectivity index (χ3v) is 4.36. The third kappa shape index (κ3) is 3.17.